The van der Waals surface area contributed by atoms with Crippen LogP contribution >= 0.6 is 0 Å². The van der Waals surface area contributed by atoms with Crippen LogP contribution in [0.4, 0.5) is 0 Å². The average Bonchev–Trinajstić information content (AvgIpc) is 2.44. The van der Waals surface area contributed by atoms with Gasteiger partial charge in [0, 0.05) is 19.7 Å². The van der Waals surface area contributed by atoms with Crippen LogP contribution in [-0.2, 0) is 4.74 Å². The highest BCUT2D eigenvalue weighted by molar-refractivity contribution is 5.58. The van der Waals surface area contributed by atoms with Crippen LogP contribution < -0.4 is 11.5 Å². The molecule has 0 aliphatic carbocycles. The van der Waals surface area contributed by atoms with Crippen molar-refractivity contribution in [2.45, 2.75) is 6.92 Å². The summed E-state index contributed by atoms with van der Waals surface area (Å²) in [4.78, 5) is 2.00. The molecule has 0 fully saturated rings. The van der Waals surface area contributed by atoms with Crippen molar-refractivity contribution in [1.82, 2.24) is 4.90 Å². The highest BCUT2D eigenvalue weighted by atomic mass is 16.5. The Morgan fingerprint density at radius 2 is 1.76 bits per heavy atom. The number of nitrogens with zero attached hydrogens (tertiary/aromatic N) is 1. The number of rotatable bonds is 3. The molecular formula is C17H21N3O. The van der Waals surface area contributed by atoms with Crippen LogP contribution in [0.5, 0.6) is 0 Å². The highest BCUT2D eigenvalue weighted by Crippen LogP contribution is 2.27. The Morgan fingerprint density at radius 3 is 2.33 bits per heavy atom. The molecule has 0 spiro atoms. The summed E-state index contributed by atoms with van der Waals surface area (Å²) in [5.41, 5.74) is 14.2. The van der Waals surface area contributed by atoms with E-state index in [1.165, 1.54) is 0 Å². The minimum atomic E-state index is 0.285. The molecule has 0 saturated heterocycles. The third-order valence-electron chi connectivity index (χ3n) is 3.09. The van der Waals surface area contributed by atoms with E-state index in [9.17, 15) is 0 Å². The zero-order valence-electron chi connectivity index (χ0n) is 12.6. The van der Waals surface area contributed by atoms with Gasteiger partial charge in [-0.2, -0.15) is 0 Å². The normalized spacial score (nSPS) is 15.0. The summed E-state index contributed by atoms with van der Waals surface area (Å²) in [6.07, 6.45) is 5.75. The molecule has 1 aromatic carbocycles. The van der Waals surface area contributed by atoms with Gasteiger partial charge in [-0.15, -0.1) is 0 Å². The number of hydrogen-bond acceptors (Lipinski definition) is 4. The van der Waals surface area contributed by atoms with Crippen LogP contribution in [0.1, 0.15) is 12.5 Å². The molecule has 2 rings (SSSR count). The molecule has 0 atom stereocenters. The molecule has 0 aromatic heterocycles. The standard InChI is InChI=1S/C17H21N3O/c1-12-9-14(17(18)19)11-16(21-12)15(20(2)3)10-13-7-5-4-6-8-13/h4-11H,18-19H2,1-3H3. The molecule has 0 unspecified atom stereocenters. The largest absolute Gasteiger partial charge is 0.460 e. The van der Waals surface area contributed by atoms with Crippen molar-refractivity contribution in [2.24, 2.45) is 11.5 Å². The number of allylic oxidation sites excluding steroid dienone is 4. The number of likely N-dealkylation sites (N-methyl/N-ethyl adjacent to an activating group) is 1. The van der Waals surface area contributed by atoms with Crippen molar-refractivity contribution in [2.75, 3.05) is 14.1 Å². The van der Waals surface area contributed by atoms with Crippen LogP contribution in [0.2, 0.25) is 0 Å². The van der Waals surface area contributed by atoms with Gasteiger partial charge in [-0.25, -0.2) is 0 Å². The Labute approximate surface area is 125 Å². The predicted octanol–water partition coefficient (Wildman–Crippen LogP) is 2.54. The van der Waals surface area contributed by atoms with E-state index < -0.39 is 0 Å². The van der Waals surface area contributed by atoms with Crippen molar-refractivity contribution < 1.29 is 4.74 Å². The third-order valence-corrected chi connectivity index (χ3v) is 3.09. The fourth-order valence-electron chi connectivity index (χ4n) is 2.05. The summed E-state index contributed by atoms with van der Waals surface area (Å²) in [6.45, 7) is 1.88. The first-order valence-electron chi connectivity index (χ1n) is 6.75. The summed E-state index contributed by atoms with van der Waals surface area (Å²) in [7, 11) is 3.95. The fourth-order valence-corrected chi connectivity index (χ4v) is 2.05. The van der Waals surface area contributed by atoms with Crippen LogP contribution in [0.15, 0.2) is 71.1 Å². The second-order valence-corrected chi connectivity index (χ2v) is 5.11. The molecule has 1 aliphatic rings. The summed E-state index contributed by atoms with van der Waals surface area (Å²) in [5, 5.41) is 0. The molecule has 0 saturated carbocycles. The molecule has 1 heterocycles. The average molecular weight is 283 g/mol. The van der Waals surface area contributed by atoms with Gasteiger partial charge in [-0.3, -0.25) is 0 Å². The molecule has 0 bridgehead atoms. The summed E-state index contributed by atoms with van der Waals surface area (Å²) >= 11 is 0. The molecule has 1 aliphatic heterocycles. The Morgan fingerprint density at radius 1 is 1.10 bits per heavy atom. The first kappa shape index (κ1) is 14.8. The lowest BCUT2D eigenvalue weighted by Crippen LogP contribution is -2.18. The third kappa shape index (κ3) is 3.69. The van der Waals surface area contributed by atoms with E-state index in [1.54, 1.807) is 0 Å². The van der Waals surface area contributed by atoms with Crippen LogP contribution in [-0.4, -0.2) is 19.0 Å². The smallest absolute Gasteiger partial charge is 0.150 e. The summed E-state index contributed by atoms with van der Waals surface area (Å²) in [6, 6.07) is 10.1. The molecule has 110 valence electrons. The maximum Gasteiger partial charge on any atom is 0.150 e. The van der Waals surface area contributed by atoms with Crippen molar-refractivity contribution in [3.05, 3.63) is 76.7 Å². The summed E-state index contributed by atoms with van der Waals surface area (Å²) in [5.74, 6) is 1.77. The molecule has 0 radical (unpaired) electrons. The van der Waals surface area contributed by atoms with Gasteiger partial charge in [0.25, 0.3) is 0 Å². The lowest BCUT2D eigenvalue weighted by Gasteiger charge is -2.23. The number of nitrogens with two attached hydrogens (primary N) is 2. The Bertz CT molecular complexity index is 633. The molecule has 1 aromatic rings. The van der Waals surface area contributed by atoms with Gasteiger partial charge in [0.05, 0.1) is 5.70 Å². The molecule has 4 N–H and O–H groups in total. The van der Waals surface area contributed by atoms with E-state index in [-0.39, 0.29) is 5.82 Å². The van der Waals surface area contributed by atoms with Crippen molar-refractivity contribution in [3.63, 3.8) is 0 Å². The van der Waals surface area contributed by atoms with E-state index in [1.807, 2.05) is 68.4 Å². The van der Waals surface area contributed by atoms with Crippen molar-refractivity contribution in [1.29, 1.82) is 0 Å². The number of benzene rings is 1. The van der Waals surface area contributed by atoms with Gasteiger partial charge in [0.1, 0.15) is 11.6 Å². The lowest BCUT2D eigenvalue weighted by molar-refractivity contribution is 0.290. The van der Waals surface area contributed by atoms with Crippen LogP contribution in [0.25, 0.3) is 6.08 Å². The topological polar surface area (TPSA) is 64.5 Å². The molecule has 4 nitrogen and oxygen atoms in total. The quantitative estimate of drug-likeness (QED) is 0.894. The van der Waals surface area contributed by atoms with E-state index in [0.29, 0.717) is 0 Å². The van der Waals surface area contributed by atoms with Crippen LogP contribution in [0, 0.1) is 0 Å². The van der Waals surface area contributed by atoms with E-state index >= 15 is 0 Å². The molecular weight excluding hydrogens is 262 g/mol. The maximum absolute atomic E-state index is 5.83. The minimum absolute atomic E-state index is 0.285. The van der Waals surface area contributed by atoms with Crippen molar-refractivity contribution >= 4 is 6.08 Å². The van der Waals surface area contributed by atoms with Gasteiger partial charge in [0.2, 0.25) is 0 Å². The highest BCUT2D eigenvalue weighted by Gasteiger charge is 2.16. The Hall–Kier alpha value is -2.62. The SMILES string of the molecule is CC1=CC(=C(N)N)C=C(C(=Cc2ccccc2)N(C)C)O1. The zero-order chi connectivity index (χ0) is 15.4. The number of hydrogen-bond donors (Lipinski definition) is 2. The second kappa shape index (κ2) is 6.22. The first-order chi connectivity index (χ1) is 9.97. The second-order valence-electron chi connectivity index (χ2n) is 5.11. The molecule has 0 amide bonds. The predicted molar refractivity (Wildman–Crippen MR) is 86.4 cm³/mol. The van der Waals surface area contributed by atoms with Gasteiger partial charge in [-0.1, -0.05) is 30.3 Å². The number of ether oxygens (including phenoxy) is 1. The van der Waals surface area contributed by atoms with Gasteiger partial charge in [0.15, 0.2) is 5.76 Å². The minimum Gasteiger partial charge on any atom is -0.460 e. The van der Waals surface area contributed by atoms with Gasteiger partial charge < -0.3 is 21.1 Å². The van der Waals surface area contributed by atoms with Crippen molar-refractivity contribution in [3.8, 4) is 0 Å². The Balaban J connectivity index is 2.45. The fraction of sp³-hybridized carbons (Fsp3) is 0.176. The maximum atomic E-state index is 5.83. The molecule has 4 heteroatoms. The van der Waals surface area contributed by atoms with Crippen LogP contribution in [0.3, 0.4) is 0 Å². The Kier molecular flexibility index (Phi) is 4.38. The zero-order valence-corrected chi connectivity index (χ0v) is 12.6. The van der Waals surface area contributed by atoms with E-state index in [4.69, 9.17) is 16.2 Å². The van der Waals surface area contributed by atoms with E-state index in [2.05, 4.69) is 6.08 Å². The lowest BCUT2D eigenvalue weighted by atomic mass is 10.1. The van der Waals surface area contributed by atoms with E-state index in [0.717, 1.165) is 28.4 Å². The summed E-state index contributed by atoms with van der Waals surface area (Å²) < 4.78 is 5.83. The van der Waals surface area contributed by atoms with Gasteiger partial charge in [-0.05, 0) is 30.7 Å². The monoisotopic (exact) mass is 283 g/mol. The molecule has 21 heavy (non-hydrogen) atoms. The first-order valence-corrected chi connectivity index (χ1v) is 6.75. The van der Waals surface area contributed by atoms with Gasteiger partial charge >= 0.3 is 0 Å².